The second-order valence-corrected chi connectivity index (χ2v) is 11.8. The van der Waals surface area contributed by atoms with Crippen molar-refractivity contribution < 1.29 is 28.5 Å². The molecule has 1 aliphatic carbocycles. The lowest BCUT2D eigenvalue weighted by atomic mass is 9.68. The Balaban J connectivity index is 1.67. The van der Waals surface area contributed by atoms with Gasteiger partial charge >= 0.3 is 6.09 Å². The van der Waals surface area contributed by atoms with Gasteiger partial charge in [0.05, 0.1) is 18.6 Å². The Bertz CT molecular complexity index is 822. The van der Waals surface area contributed by atoms with Gasteiger partial charge in [-0.05, 0) is 60.0 Å². The van der Waals surface area contributed by atoms with Gasteiger partial charge in [0.25, 0.3) is 0 Å². The van der Waals surface area contributed by atoms with Gasteiger partial charge in [-0.25, -0.2) is 4.79 Å². The third kappa shape index (κ3) is 6.41. The highest BCUT2D eigenvalue weighted by atomic mass is 16.6. The molecule has 0 aromatic heterocycles. The Morgan fingerprint density at radius 2 is 1.86 bits per heavy atom. The Kier molecular flexibility index (Phi) is 9.13. The van der Waals surface area contributed by atoms with Crippen LogP contribution in [0, 0.1) is 11.8 Å². The van der Waals surface area contributed by atoms with Crippen molar-refractivity contribution in [1.82, 2.24) is 15.1 Å². The van der Waals surface area contributed by atoms with Crippen LogP contribution in [0.2, 0.25) is 0 Å². The third-order valence-corrected chi connectivity index (χ3v) is 7.96. The molecule has 1 N–H and O–H groups in total. The highest BCUT2D eigenvalue weighted by Gasteiger charge is 2.72. The number of ether oxygens (including phenoxy) is 4. The van der Waals surface area contributed by atoms with E-state index in [4.69, 9.17) is 18.9 Å². The Morgan fingerprint density at radius 3 is 2.39 bits per heavy atom. The average Bonchev–Trinajstić information content (AvgIpc) is 3.72. The Morgan fingerprint density at radius 1 is 1.19 bits per heavy atom. The number of allylic oxidation sites excluding steroid dienone is 1. The van der Waals surface area contributed by atoms with Crippen LogP contribution in [0.1, 0.15) is 53.9 Å². The van der Waals surface area contributed by atoms with Crippen LogP contribution >= 0.6 is 0 Å². The topological polar surface area (TPSA) is 96.2 Å². The number of hydrogen-bond acceptors (Lipinski definition) is 7. The summed E-state index contributed by atoms with van der Waals surface area (Å²) in [5, 5.41) is 2.83. The molecule has 3 aliphatic rings. The molecule has 1 saturated carbocycles. The lowest BCUT2D eigenvalue weighted by Gasteiger charge is -2.42. The number of nitrogens with zero attached hydrogens (tertiary/aromatic N) is 2. The molecule has 0 aromatic carbocycles. The van der Waals surface area contributed by atoms with Crippen LogP contribution in [0.5, 0.6) is 0 Å². The van der Waals surface area contributed by atoms with Gasteiger partial charge in [0.1, 0.15) is 29.5 Å². The van der Waals surface area contributed by atoms with Gasteiger partial charge in [-0.1, -0.05) is 25.5 Å². The predicted octanol–water partition coefficient (Wildman–Crippen LogP) is 2.83. The van der Waals surface area contributed by atoms with Gasteiger partial charge < -0.3 is 34.1 Å². The fraction of sp³-hybridized carbons (Fsp3) is 0.852. The molecule has 0 unspecified atom stereocenters. The summed E-state index contributed by atoms with van der Waals surface area (Å²) in [7, 11) is 7.35. The van der Waals surface area contributed by atoms with Crippen LogP contribution in [0.25, 0.3) is 0 Å². The van der Waals surface area contributed by atoms with Crippen molar-refractivity contribution in [1.29, 1.82) is 0 Å². The van der Waals surface area contributed by atoms with Crippen molar-refractivity contribution in [3.8, 4) is 0 Å². The molecule has 0 radical (unpaired) electrons. The fourth-order valence-corrected chi connectivity index (χ4v) is 5.58. The van der Waals surface area contributed by atoms with E-state index in [0.717, 1.165) is 19.4 Å². The van der Waals surface area contributed by atoms with Crippen molar-refractivity contribution >= 4 is 12.0 Å². The fourth-order valence-electron chi connectivity index (χ4n) is 5.58. The quantitative estimate of drug-likeness (QED) is 0.338. The predicted molar refractivity (Wildman–Crippen MR) is 138 cm³/mol. The smallest absolute Gasteiger partial charge is 0.408 e. The maximum absolute atomic E-state index is 13.1. The van der Waals surface area contributed by atoms with E-state index in [1.807, 2.05) is 32.8 Å². The van der Waals surface area contributed by atoms with Crippen molar-refractivity contribution in [2.45, 2.75) is 89.4 Å². The third-order valence-electron chi connectivity index (χ3n) is 7.96. The lowest BCUT2D eigenvalue weighted by Crippen LogP contribution is -2.57. The van der Waals surface area contributed by atoms with E-state index in [1.54, 1.807) is 19.1 Å². The summed E-state index contributed by atoms with van der Waals surface area (Å²) in [6.07, 6.45) is 3.14. The molecule has 7 atom stereocenters. The standard InChI is InChI=1S/C27H47N3O6/c1-17(2)10-11-20-26(5,36-20)23-22(33-9)19(12-13-27(23)16-34-27)35-25(32)28-21(18(3)4)24(31)30(8)15-14-29(6)7/h10,18-23H,11-16H2,1-9H3,(H,28,32)/t19-,20-,21-,22-,23-,26+,27+/m1/s1. The summed E-state index contributed by atoms with van der Waals surface area (Å²) in [6.45, 7) is 12.1. The molecule has 9 heteroatoms. The zero-order chi connectivity index (χ0) is 26.8. The number of alkyl carbamates (subject to hydrolysis) is 1. The number of carbonyl (C=O) groups is 2. The highest BCUT2D eigenvalue weighted by Crippen LogP contribution is 2.59. The van der Waals surface area contributed by atoms with Crippen LogP contribution < -0.4 is 5.32 Å². The van der Waals surface area contributed by atoms with Gasteiger partial charge in [0.2, 0.25) is 5.91 Å². The van der Waals surface area contributed by atoms with E-state index in [1.165, 1.54) is 5.57 Å². The van der Waals surface area contributed by atoms with Gasteiger partial charge in [-0.2, -0.15) is 0 Å². The molecule has 2 aliphatic heterocycles. The monoisotopic (exact) mass is 509 g/mol. The molecule has 3 rings (SSSR count). The van der Waals surface area contributed by atoms with Gasteiger partial charge in [0, 0.05) is 27.2 Å². The number of epoxide rings is 2. The number of hydrogen-bond donors (Lipinski definition) is 1. The van der Waals surface area contributed by atoms with Crippen LogP contribution in [-0.4, -0.2) is 105 Å². The zero-order valence-corrected chi connectivity index (χ0v) is 23.6. The van der Waals surface area contributed by atoms with Gasteiger partial charge in [-0.3, -0.25) is 4.79 Å². The molecule has 206 valence electrons. The molecular weight excluding hydrogens is 462 g/mol. The van der Waals surface area contributed by atoms with Crippen LogP contribution in [0.15, 0.2) is 11.6 Å². The maximum atomic E-state index is 13.1. The molecule has 2 amide bonds. The summed E-state index contributed by atoms with van der Waals surface area (Å²) >= 11 is 0. The number of carbonyl (C=O) groups excluding carboxylic acids is 2. The van der Waals surface area contributed by atoms with E-state index in [-0.39, 0.29) is 35.6 Å². The van der Waals surface area contributed by atoms with E-state index in [9.17, 15) is 9.59 Å². The molecule has 2 saturated heterocycles. The van der Waals surface area contributed by atoms with Crippen molar-refractivity contribution in [2.24, 2.45) is 11.8 Å². The van der Waals surface area contributed by atoms with Crippen molar-refractivity contribution in [3.63, 3.8) is 0 Å². The highest BCUT2D eigenvalue weighted by molar-refractivity contribution is 5.85. The van der Waals surface area contributed by atoms with Gasteiger partial charge in [-0.15, -0.1) is 0 Å². The Hall–Kier alpha value is -1.68. The van der Waals surface area contributed by atoms with Crippen LogP contribution in [0.3, 0.4) is 0 Å². The first-order chi connectivity index (χ1) is 16.8. The first kappa shape index (κ1) is 28.9. The van der Waals surface area contributed by atoms with E-state index in [0.29, 0.717) is 19.6 Å². The number of amides is 2. The molecule has 0 bridgehead atoms. The first-order valence-electron chi connectivity index (χ1n) is 13.2. The lowest BCUT2D eigenvalue weighted by molar-refractivity contribution is -0.134. The second-order valence-electron chi connectivity index (χ2n) is 11.8. The van der Waals surface area contributed by atoms with Gasteiger partial charge in [0.15, 0.2) is 0 Å². The number of rotatable bonds is 11. The summed E-state index contributed by atoms with van der Waals surface area (Å²) in [5.74, 6) is -0.251. The minimum Gasteiger partial charge on any atom is -0.443 e. The van der Waals surface area contributed by atoms with E-state index in [2.05, 4.69) is 32.2 Å². The van der Waals surface area contributed by atoms with E-state index >= 15 is 0 Å². The number of likely N-dealkylation sites (N-methyl/N-ethyl adjacent to an activating group) is 2. The minimum absolute atomic E-state index is 0.0446. The zero-order valence-electron chi connectivity index (χ0n) is 23.6. The number of methoxy groups -OCH3 is 1. The van der Waals surface area contributed by atoms with Crippen LogP contribution in [0.4, 0.5) is 4.79 Å². The maximum Gasteiger partial charge on any atom is 0.408 e. The molecule has 0 aromatic rings. The largest absolute Gasteiger partial charge is 0.443 e. The first-order valence-corrected chi connectivity index (χ1v) is 13.2. The SMILES string of the molecule is CO[C@@H]1[C@H](OC(=O)N[C@@H](C(=O)N(C)CCN(C)C)C(C)C)CC[C@]2(CO2)[C@H]1[C@@]1(C)O[C@@H]1CC=C(C)C. The summed E-state index contributed by atoms with van der Waals surface area (Å²) in [6, 6.07) is -0.666. The molecule has 2 heterocycles. The summed E-state index contributed by atoms with van der Waals surface area (Å²) in [5.41, 5.74) is 0.584. The average molecular weight is 510 g/mol. The van der Waals surface area contributed by atoms with E-state index < -0.39 is 23.8 Å². The van der Waals surface area contributed by atoms with Crippen molar-refractivity contribution in [3.05, 3.63) is 11.6 Å². The second kappa shape index (κ2) is 11.4. The normalized spacial score (nSPS) is 33.9. The van der Waals surface area contributed by atoms with Crippen LogP contribution in [-0.2, 0) is 23.7 Å². The van der Waals surface area contributed by atoms with Crippen molar-refractivity contribution in [2.75, 3.05) is 47.9 Å². The molecule has 3 fully saturated rings. The minimum atomic E-state index is -0.666. The molecule has 1 spiro atoms. The Labute approximate surface area is 216 Å². The molecule has 36 heavy (non-hydrogen) atoms. The molecule has 9 nitrogen and oxygen atoms in total. The number of nitrogens with one attached hydrogen (secondary N) is 1. The summed E-state index contributed by atoms with van der Waals surface area (Å²) < 4.78 is 24.1. The molecular formula is C27H47N3O6. The summed E-state index contributed by atoms with van der Waals surface area (Å²) in [4.78, 5) is 29.8.